The highest BCUT2D eigenvalue weighted by Gasteiger charge is 2.03. The zero-order valence-electron chi connectivity index (χ0n) is 10.6. The highest BCUT2D eigenvalue weighted by atomic mass is 16.5. The van der Waals surface area contributed by atoms with E-state index in [9.17, 15) is 0 Å². The summed E-state index contributed by atoms with van der Waals surface area (Å²) in [4.78, 5) is 0. The Hall–Kier alpha value is -2.26. The summed E-state index contributed by atoms with van der Waals surface area (Å²) in [6.45, 7) is 1.11. The van der Waals surface area contributed by atoms with Gasteiger partial charge in [-0.2, -0.15) is 0 Å². The van der Waals surface area contributed by atoms with Crippen LogP contribution in [0.1, 0.15) is 5.56 Å². The molecule has 3 aromatic rings. The van der Waals surface area contributed by atoms with Crippen LogP contribution in [0.2, 0.25) is 0 Å². The third-order valence-corrected chi connectivity index (χ3v) is 3.16. The van der Waals surface area contributed by atoms with E-state index in [1.807, 2.05) is 41.1 Å². The number of anilines is 1. The van der Waals surface area contributed by atoms with Crippen molar-refractivity contribution in [2.75, 3.05) is 5.73 Å². The third-order valence-electron chi connectivity index (χ3n) is 3.16. The molecule has 0 aliphatic heterocycles. The lowest BCUT2D eigenvalue weighted by atomic mass is 10.2. The maximum atomic E-state index is 6.01. The molecule has 0 saturated carbocycles. The first kappa shape index (κ1) is 11.8. The van der Waals surface area contributed by atoms with Crippen LogP contribution in [0.25, 0.3) is 10.9 Å². The van der Waals surface area contributed by atoms with Crippen LogP contribution in [0.3, 0.4) is 0 Å². The maximum Gasteiger partial charge on any atom is 0.123 e. The normalized spacial score (nSPS) is 10.9. The Morgan fingerprint density at radius 1 is 0.947 bits per heavy atom. The second-order valence-corrected chi connectivity index (χ2v) is 4.53. The minimum absolute atomic E-state index is 0.507. The molecule has 19 heavy (non-hydrogen) atoms. The van der Waals surface area contributed by atoms with E-state index in [2.05, 4.69) is 24.3 Å². The minimum atomic E-state index is 0.507. The summed E-state index contributed by atoms with van der Waals surface area (Å²) in [7, 11) is 0. The number of para-hydroxylation sites is 1. The number of hydrogen-bond donors (Lipinski definition) is 1. The van der Waals surface area contributed by atoms with E-state index in [1.165, 1.54) is 5.56 Å². The number of nitrogens with two attached hydrogens (primary N) is 1. The molecule has 0 radical (unpaired) electrons. The smallest absolute Gasteiger partial charge is 0.123 e. The van der Waals surface area contributed by atoms with Gasteiger partial charge in [0, 0.05) is 11.6 Å². The van der Waals surface area contributed by atoms with Crippen molar-refractivity contribution in [1.29, 1.82) is 0 Å². The molecule has 0 unspecified atom stereocenters. The highest BCUT2D eigenvalue weighted by molar-refractivity contribution is 5.90. The number of nitrogens with zero attached hydrogens (tertiary/aromatic N) is 1. The van der Waals surface area contributed by atoms with Crippen molar-refractivity contribution in [1.82, 2.24) is 4.57 Å². The summed E-state index contributed by atoms with van der Waals surface area (Å²) in [6, 6.07) is 18.1. The van der Waals surface area contributed by atoms with Gasteiger partial charge < -0.3 is 15.0 Å². The fraction of sp³-hybridized carbons (Fsp3) is 0.125. The van der Waals surface area contributed by atoms with Crippen molar-refractivity contribution in [3.8, 4) is 0 Å². The molecular formula is C16H16N2O. The molecule has 1 aromatic heterocycles. The SMILES string of the molecule is Nc1cccc2ccn(COCc3ccccc3)c12. The van der Waals surface area contributed by atoms with E-state index in [-0.39, 0.29) is 0 Å². The quantitative estimate of drug-likeness (QED) is 0.723. The van der Waals surface area contributed by atoms with Crippen molar-refractivity contribution in [3.05, 3.63) is 66.4 Å². The predicted molar refractivity (Wildman–Crippen MR) is 77.6 cm³/mol. The fourth-order valence-corrected chi connectivity index (χ4v) is 2.23. The van der Waals surface area contributed by atoms with Crippen molar-refractivity contribution in [2.45, 2.75) is 13.3 Å². The van der Waals surface area contributed by atoms with Gasteiger partial charge in [0.15, 0.2) is 0 Å². The Morgan fingerprint density at radius 3 is 2.63 bits per heavy atom. The van der Waals surface area contributed by atoms with Gasteiger partial charge >= 0.3 is 0 Å². The van der Waals surface area contributed by atoms with E-state index in [4.69, 9.17) is 10.5 Å². The van der Waals surface area contributed by atoms with Gasteiger partial charge in [-0.1, -0.05) is 42.5 Å². The molecule has 0 aliphatic rings. The zero-order chi connectivity index (χ0) is 13.1. The Balaban J connectivity index is 1.72. The van der Waals surface area contributed by atoms with Gasteiger partial charge in [0.25, 0.3) is 0 Å². The Morgan fingerprint density at radius 2 is 1.79 bits per heavy atom. The summed E-state index contributed by atoms with van der Waals surface area (Å²) >= 11 is 0. The van der Waals surface area contributed by atoms with Crippen LogP contribution in [0.4, 0.5) is 5.69 Å². The molecule has 0 atom stereocenters. The number of hydrogen-bond acceptors (Lipinski definition) is 2. The minimum Gasteiger partial charge on any atom is -0.397 e. The number of benzene rings is 2. The fourth-order valence-electron chi connectivity index (χ4n) is 2.23. The van der Waals surface area contributed by atoms with Crippen LogP contribution in [-0.4, -0.2) is 4.57 Å². The number of fused-ring (bicyclic) bond motifs is 1. The van der Waals surface area contributed by atoms with Crippen LogP contribution in [-0.2, 0) is 18.1 Å². The van der Waals surface area contributed by atoms with E-state index < -0.39 is 0 Å². The van der Waals surface area contributed by atoms with Gasteiger partial charge in [-0.15, -0.1) is 0 Å². The summed E-state index contributed by atoms with van der Waals surface area (Å²) in [6.07, 6.45) is 2.01. The number of aromatic nitrogens is 1. The largest absolute Gasteiger partial charge is 0.397 e. The first-order valence-electron chi connectivity index (χ1n) is 6.29. The molecule has 0 amide bonds. The maximum absolute atomic E-state index is 6.01. The summed E-state index contributed by atoms with van der Waals surface area (Å²) in [5.41, 5.74) is 9.00. The number of ether oxygens (including phenoxy) is 1. The number of nitrogen functional groups attached to an aromatic ring is 1. The molecule has 1 heterocycles. The highest BCUT2D eigenvalue weighted by Crippen LogP contribution is 2.22. The average molecular weight is 252 g/mol. The van der Waals surface area contributed by atoms with Gasteiger partial charge in [-0.25, -0.2) is 0 Å². The van der Waals surface area contributed by atoms with Crippen LogP contribution in [0.15, 0.2) is 60.8 Å². The molecule has 2 aromatic carbocycles. The molecule has 3 nitrogen and oxygen atoms in total. The summed E-state index contributed by atoms with van der Waals surface area (Å²) in [5, 5.41) is 1.14. The average Bonchev–Trinajstić information content (AvgIpc) is 2.85. The van der Waals surface area contributed by atoms with E-state index in [0.29, 0.717) is 13.3 Å². The lowest BCUT2D eigenvalue weighted by molar-refractivity contribution is 0.0668. The van der Waals surface area contributed by atoms with Gasteiger partial charge in [-0.05, 0) is 17.7 Å². The first-order valence-corrected chi connectivity index (χ1v) is 6.29. The lowest BCUT2D eigenvalue weighted by Crippen LogP contribution is -2.02. The molecule has 0 bridgehead atoms. The van der Waals surface area contributed by atoms with Crippen LogP contribution >= 0.6 is 0 Å². The van der Waals surface area contributed by atoms with Crippen LogP contribution < -0.4 is 5.73 Å². The Bertz CT molecular complexity index is 674. The topological polar surface area (TPSA) is 40.2 Å². The van der Waals surface area contributed by atoms with Crippen molar-refractivity contribution in [3.63, 3.8) is 0 Å². The molecule has 0 aliphatic carbocycles. The van der Waals surface area contributed by atoms with Crippen LogP contribution in [0.5, 0.6) is 0 Å². The first-order chi connectivity index (χ1) is 9.34. The van der Waals surface area contributed by atoms with E-state index in [0.717, 1.165) is 16.6 Å². The van der Waals surface area contributed by atoms with Crippen LogP contribution in [0, 0.1) is 0 Å². The van der Waals surface area contributed by atoms with E-state index >= 15 is 0 Å². The third kappa shape index (κ3) is 2.46. The molecule has 96 valence electrons. The van der Waals surface area contributed by atoms with Gasteiger partial charge in [0.1, 0.15) is 6.73 Å². The van der Waals surface area contributed by atoms with Crippen molar-refractivity contribution >= 4 is 16.6 Å². The molecule has 3 heteroatoms. The molecular weight excluding hydrogens is 236 g/mol. The van der Waals surface area contributed by atoms with E-state index in [1.54, 1.807) is 0 Å². The zero-order valence-corrected chi connectivity index (χ0v) is 10.6. The van der Waals surface area contributed by atoms with Crippen molar-refractivity contribution in [2.24, 2.45) is 0 Å². The van der Waals surface area contributed by atoms with Gasteiger partial charge in [0.2, 0.25) is 0 Å². The van der Waals surface area contributed by atoms with Gasteiger partial charge in [-0.3, -0.25) is 0 Å². The van der Waals surface area contributed by atoms with Crippen molar-refractivity contribution < 1.29 is 4.74 Å². The number of rotatable bonds is 4. The lowest BCUT2D eigenvalue weighted by Gasteiger charge is -2.08. The second kappa shape index (κ2) is 5.16. The Kier molecular flexibility index (Phi) is 3.21. The molecule has 0 fully saturated rings. The standard InChI is InChI=1S/C16H16N2O/c17-15-8-4-7-14-9-10-18(16(14)15)12-19-11-13-5-2-1-3-6-13/h1-10H,11-12,17H2. The monoisotopic (exact) mass is 252 g/mol. The molecule has 2 N–H and O–H groups in total. The summed E-state index contributed by atoms with van der Waals surface area (Å²) < 4.78 is 7.77. The second-order valence-electron chi connectivity index (χ2n) is 4.53. The van der Waals surface area contributed by atoms with Gasteiger partial charge in [0.05, 0.1) is 17.8 Å². The molecule has 0 spiro atoms. The predicted octanol–water partition coefficient (Wildman–Crippen LogP) is 3.40. The summed E-state index contributed by atoms with van der Waals surface area (Å²) in [5.74, 6) is 0. The molecule has 3 rings (SSSR count). The molecule has 0 saturated heterocycles. The Labute approximate surface area is 112 Å².